The second-order valence-electron chi connectivity index (χ2n) is 6.56. The molecule has 0 aromatic rings. The van der Waals surface area contributed by atoms with Crippen LogP contribution in [-0.2, 0) is 4.79 Å². The Kier molecular flexibility index (Phi) is 6.30. The van der Waals surface area contributed by atoms with E-state index in [9.17, 15) is 4.79 Å². The van der Waals surface area contributed by atoms with Gasteiger partial charge >= 0.3 is 0 Å². The number of carbonyl (C=O) groups is 1. The largest absolute Gasteiger partial charge is 0.353 e. The fraction of sp³-hybridized carbons (Fsp3) is 0.938. The van der Waals surface area contributed by atoms with Gasteiger partial charge in [-0.2, -0.15) is 0 Å². The van der Waals surface area contributed by atoms with Gasteiger partial charge in [0.1, 0.15) is 0 Å². The molecule has 2 unspecified atom stereocenters. The quantitative estimate of drug-likeness (QED) is 0.810. The highest BCUT2D eigenvalue weighted by Gasteiger charge is 2.27. The Hall–Kier alpha value is -0.610. The number of piperidine rings is 1. The summed E-state index contributed by atoms with van der Waals surface area (Å²) in [6.45, 7) is 3.84. The molecule has 2 fully saturated rings. The van der Waals surface area contributed by atoms with Crippen molar-refractivity contribution in [3.05, 3.63) is 0 Å². The summed E-state index contributed by atoms with van der Waals surface area (Å²) in [7, 11) is 0. The minimum absolute atomic E-state index is 0.227. The fourth-order valence-electron chi connectivity index (χ4n) is 3.77. The Morgan fingerprint density at radius 2 is 1.90 bits per heavy atom. The molecule has 3 N–H and O–H groups in total. The van der Waals surface area contributed by atoms with Gasteiger partial charge in [-0.05, 0) is 32.6 Å². The maximum Gasteiger partial charge on any atom is 0.221 e. The van der Waals surface area contributed by atoms with E-state index in [0.717, 1.165) is 19.4 Å². The van der Waals surface area contributed by atoms with Crippen LogP contribution in [0.4, 0.5) is 0 Å². The number of amides is 1. The minimum atomic E-state index is 0.227. The highest BCUT2D eigenvalue weighted by Crippen LogP contribution is 2.22. The van der Waals surface area contributed by atoms with Crippen molar-refractivity contribution in [2.24, 2.45) is 5.73 Å². The summed E-state index contributed by atoms with van der Waals surface area (Å²) in [6.07, 6.45) is 10.5. The standard InChI is InChI=1S/C16H31N3O/c1-13-6-5-9-15(12-17)19(13)11-10-16(20)18-14-7-3-2-4-8-14/h13-15H,2-12,17H2,1H3,(H,18,20). The van der Waals surface area contributed by atoms with Crippen LogP contribution in [0.1, 0.15) is 64.7 Å². The van der Waals surface area contributed by atoms with Gasteiger partial charge < -0.3 is 11.1 Å². The number of hydrogen-bond acceptors (Lipinski definition) is 3. The first kappa shape index (κ1) is 15.8. The zero-order chi connectivity index (χ0) is 14.4. The molecule has 4 heteroatoms. The Bertz CT molecular complexity index is 302. The molecule has 2 rings (SSSR count). The molecule has 0 aromatic heterocycles. The lowest BCUT2D eigenvalue weighted by Crippen LogP contribution is -2.50. The van der Waals surface area contributed by atoms with Crippen molar-refractivity contribution in [1.82, 2.24) is 10.2 Å². The highest BCUT2D eigenvalue weighted by molar-refractivity contribution is 5.76. The summed E-state index contributed by atoms with van der Waals surface area (Å²) < 4.78 is 0. The van der Waals surface area contributed by atoms with Gasteiger partial charge in [-0.15, -0.1) is 0 Å². The summed E-state index contributed by atoms with van der Waals surface area (Å²) in [5, 5.41) is 3.21. The molecule has 4 nitrogen and oxygen atoms in total. The first-order valence-corrected chi connectivity index (χ1v) is 8.46. The van der Waals surface area contributed by atoms with E-state index < -0.39 is 0 Å². The molecule has 1 amide bonds. The maximum absolute atomic E-state index is 12.1. The van der Waals surface area contributed by atoms with E-state index in [4.69, 9.17) is 5.73 Å². The first-order valence-electron chi connectivity index (χ1n) is 8.46. The Morgan fingerprint density at radius 3 is 2.60 bits per heavy atom. The third kappa shape index (κ3) is 4.45. The van der Waals surface area contributed by atoms with Gasteiger partial charge in [-0.3, -0.25) is 9.69 Å². The average Bonchev–Trinajstić information content (AvgIpc) is 2.46. The second-order valence-corrected chi connectivity index (χ2v) is 6.56. The predicted octanol–water partition coefficient (Wildman–Crippen LogP) is 2.03. The molecule has 116 valence electrons. The normalized spacial score (nSPS) is 29.3. The summed E-state index contributed by atoms with van der Waals surface area (Å²) in [6, 6.07) is 1.47. The van der Waals surface area contributed by atoms with Crippen LogP contribution in [0, 0.1) is 0 Å². The third-order valence-electron chi connectivity index (χ3n) is 5.03. The van der Waals surface area contributed by atoms with Crippen molar-refractivity contribution in [2.75, 3.05) is 13.1 Å². The lowest BCUT2D eigenvalue weighted by Gasteiger charge is -2.40. The summed E-state index contributed by atoms with van der Waals surface area (Å²) in [5.41, 5.74) is 5.87. The number of nitrogens with two attached hydrogens (primary N) is 1. The minimum Gasteiger partial charge on any atom is -0.353 e. The summed E-state index contributed by atoms with van der Waals surface area (Å²) >= 11 is 0. The molecular weight excluding hydrogens is 250 g/mol. The Balaban J connectivity index is 1.73. The van der Waals surface area contributed by atoms with Gasteiger partial charge in [0.15, 0.2) is 0 Å². The van der Waals surface area contributed by atoms with Gasteiger partial charge in [-0.25, -0.2) is 0 Å². The van der Waals surface area contributed by atoms with Gasteiger partial charge in [0, 0.05) is 37.6 Å². The molecule has 2 aliphatic rings. The molecule has 1 aliphatic heterocycles. The smallest absolute Gasteiger partial charge is 0.221 e. The molecule has 1 saturated carbocycles. The molecule has 1 saturated heterocycles. The van der Waals surface area contributed by atoms with E-state index >= 15 is 0 Å². The third-order valence-corrected chi connectivity index (χ3v) is 5.03. The van der Waals surface area contributed by atoms with Crippen molar-refractivity contribution >= 4 is 5.91 Å². The maximum atomic E-state index is 12.1. The molecular formula is C16H31N3O. The molecule has 0 bridgehead atoms. The zero-order valence-electron chi connectivity index (χ0n) is 12.9. The van der Waals surface area contributed by atoms with Crippen LogP contribution >= 0.6 is 0 Å². The molecule has 0 aromatic carbocycles. The predicted molar refractivity (Wildman–Crippen MR) is 82.5 cm³/mol. The van der Waals surface area contributed by atoms with Crippen LogP contribution < -0.4 is 11.1 Å². The number of carbonyl (C=O) groups excluding carboxylic acids is 1. The average molecular weight is 281 g/mol. The van der Waals surface area contributed by atoms with Crippen LogP contribution in [0.25, 0.3) is 0 Å². The number of nitrogens with one attached hydrogen (secondary N) is 1. The lowest BCUT2D eigenvalue weighted by molar-refractivity contribution is -0.122. The van der Waals surface area contributed by atoms with Gasteiger partial charge in [0.2, 0.25) is 5.91 Å². The molecule has 1 heterocycles. The fourth-order valence-corrected chi connectivity index (χ4v) is 3.77. The van der Waals surface area contributed by atoms with Gasteiger partial charge in [0.25, 0.3) is 0 Å². The van der Waals surface area contributed by atoms with Crippen molar-refractivity contribution < 1.29 is 4.79 Å². The number of likely N-dealkylation sites (tertiary alicyclic amines) is 1. The SMILES string of the molecule is CC1CCCC(CN)N1CCC(=O)NC1CCCCC1. The molecule has 20 heavy (non-hydrogen) atoms. The van der Waals surface area contributed by atoms with Gasteiger partial charge in [-0.1, -0.05) is 25.7 Å². The molecule has 1 aliphatic carbocycles. The van der Waals surface area contributed by atoms with Crippen LogP contribution in [0.2, 0.25) is 0 Å². The number of hydrogen-bond donors (Lipinski definition) is 2. The van der Waals surface area contributed by atoms with E-state index in [1.165, 1.54) is 38.5 Å². The van der Waals surface area contributed by atoms with Crippen LogP contribution in [-0.4, -0.2) is 42.0 Å². The Morgan fingerprint density at radius 1 is 1.15 bits per heavy atom. The monoisotopic (exact) mass is 281 g/mol. The Labute approximate surface area is 123 Å². The number of rotatable bonds is 5. The topological polar surface area (TPSA) is 58.4 Å². The zero-order valence-corrected chi connectivity index (χ0v) is 12.9. The summed E-state index contributed by atoms with van der Waals surface area (Å²) in [4.78, 5) is 14.5. The van der Waals surface area contributed by atoms with Crippen LogP contribution in [0.15, 0.2) is 0 Å². The van der Waals surface area contributed by atoms with Gasteiger partial charge in [0.05, 0.1) is 0 Å². The van der Waals surface area contributed by atoms with Crippen molar-refractivity contribution in [1.29, 1.82) is 0 Å². The van der Waals surface area contributed by atoms with Crippen molar-refractivity contribution in [3.63, 3.8) is 0 Å². The first-order chi connectivity index (χ1) is 9.70. The van der Waals surface area contributed by atoms with E-state index in [-0.39, 0.29) is 5.91 Å². The summed E-state index contributed by atoms with van der Waals surface area (Å²) in [5.74, 6) is 0.227. The van der Waals surface area contributed by atoms with Crippen molar-refractivity contribution in [3.8, 4) is 0 Å². The van der Waals surface area contributed by atoms with E-state index in [0.29, 0.717) is 31.1 Å². The molecule has 0 radical (unpaired) electrons. The molecule has 2 atom stereocenters. The highest BCUT2D eigenvalue weighted by atomic mass is 16.1. The van der Waals surface area contributed by atoms with E-state index in [1.54, 1.807) is 0 Å². The number of nitrogens with zero attached hydrogens (tertiary/aromatic N) is 1. The van der Waals surface area contributed by atoms with E-state index in [2.05, 4.69) is 17.1 Å². The van der Waals surface area contributed by atoms with Crippen LogP contribution in [0.3, 0.4) is 0 Å². The second kappa shape index (κ2) is 7.99. The van der Waals surface area contributed by atoms with Crippen LogP contribution in [0.5, 0.6) is 0 Å². The molecule has 0 spiro atoms. The lowest BCUT2D eigenvalue weighted by atomic mass is 9.95. The van der Waals surface area contributed by atoms with Crippen molar-refractivity contribution in [2.45, 2.75) is 82.8 Å². The van der Waals surface area contributed by atoms with E-state index in [1.807, 2.05) is 0 Å².